The van der Waals surface area contributed by atoms with Crippen molar-refractivity contribution in [3.05, 3.63) is 0 Å². The van der Waals surface area contributed by atoms with Crippen LogP contribution in [-0.2, 0) is 4.74 Å². The molecule has 1 aliphatic rings. The second kappa shape index (κ2) is 4.07. The van der Waals surface area contributed by atoms with Gasteiger partial charge in [0.25, 0.3) is 0 Å². The van der Waals surface area contributed by atoms with E-state index < -0.39 is 43.4 Å². The predicted octanol–water partition coefficient (Wildman–Crippen LogP) is -3.86. The zero-order chi connectivity index (χ0) is 10.9. The molecule has 84 valence electrons. The van der Waals surface area contributed by atoms with Gasteiger partial charge in [-0.1, -0.05) is 0 Å². The van der Waals surface area contributed by atoms with Crippen LogP contribution < -0.4 is 0 Å². The first-order valence-electron chi connectivity index (χ1n) is 4.12. The van der Waals surface area contributed by atoms with Crippen molar-refractivity contribution >= 4 is 0 Å². The molecular formula is C7H14O7. The topological polar surface area (TPSA) is 131 Å². The van der Waals surface area contributed by atoms with Gasteiger partial charge in [-0.15, -0.1) is 0 Å². The van der Waals surface area contributed by atoms with Crippen LogP contribution in [0.2, 0.25) is 0 Å². The average Bonchev–Trinajstić information content (AvgIpc) is 2.20. The SMILES string of the molecule is OC[C@@H]1OC(O)(CO)[C@@H](O)[C@@H](O)[C@@H]1O. The first kappa shape index (κ1) is 11.8. The van der Waals surface area contributed by atoms with E-state index in [0.717, 1.165) is 0 Å². The van der Waals surface area contributed by atoms with Crippen molar-refractivity contribution in [3.63, 3.8) is 0 Å². The van der Waals surface area contributed by atoms with Gasteiger partial charge in [-0.05, 0) is 0 Å². The lowest BCUT2D eigenvalue weighted by atomic mass is 9.93. The largest absolute Gasteiger partial charge is 0.394 e. The summed E-state index contributed by atoms with van der Waals surface area (Å²) in [5, 5.41) is 54.6. The van der Waals surface area contributed by atoms with E-state index in [1.165, 1.54) is 0 Å². The lowest BCUT2D eigenvalue weighted by Crippen LogP contribution is -2.66. The van der Waals surface area contributed by atoms with Gasteiger partial charge in [-0.25, -0.2) is 0 Å². The standard InChI is InChI=1S/C7H14O7/c8-1-3-4(10)5(11)6(12)7(13,2-9)14-3/h3-6,8-13H,1-2H2/t3-,4+,5-,6-,7?/m0/s1. The molecule has 0 radical (unpaired) electrons. The number of hydrogen-bond acceptors (Lipinski definition) is 7. The summed E-state index contributed by atoms with van der Waals surface area (Å²) >= 11 is 0. The van der Waals surface area contributed by atoms with Crippen LogP contribution in [0.1, 0.15) is 0 Å². The van der Waals surface area contributed by atoms with E-state index in [9.17, 15) is 20.4 Å². The van der Waals surface area contributed by atoms with Gasteiger partial charge in [-0.2, -0.15) is 0 Å². The summed E-state index contributed by atoms with van der Waals surface area (Å²) in [6, 6.07) is 0. The van der Waals surface area contributed by atoms with Crippen LogP contribution in [0.5, 0.6) is 0 Å². The third-order valence-electron chi connectivity index (χ3n) is 2.28. The lowest BCUT2D eigenvalue weighted by molar-refractivity contribution is -0.357. The molecule has 1 unspecified atom stereocenters. The van der Waals surface area contributed by atoms with Crippen molar-refractivity contribution in [3.8, 4) is 0 Å². The molecule has 0 bridgehead atoms. The Bertz CT molecular complexity index is 196. The van der Waals surface area contributed by atoms with E-state index in [1.807, 2.05) is 0 Å². The molecule has 1 fully saturated rings. The molecule has 1 rings (SSSR count). The van der Waals surface area contributed by atoms with E-state index >= 15 is 0 Å². The maximum Gasteiger partial charge on any atom is 0.219 e. The van der Waals surface area contributed by atoms with Crippen LogP contribution in [0.3, 0.4) is 0 Å². The molecule has 0 aliphatic carbocycles. The molecule has 0 aromatic heterocycles. The van der Waals surface area contributed by atoms with Crippen molar-refractivity contribution in [1.82, 2.24) is 0 Å². The minimum absolute atomic E-state index is 0.646. The molecule has 0 spiro atoms. The van der Waals surface area contributed by atoms with Gasteiger partial charge in [0.1, 0.15) is 24.4 Å². The quantitative estimate of drug-likeness (QED) is 0.275. The second-order valence-electron chi connectivity index (χ2n) is 3.27. The highest BCUT2D eigenvalue weighted by Gasteiger charge is 2.52. The van der Waals surface area contributed by atoms with Crippen molar-refractivity contribution in [1.29, 1.82) is 0 Å². The Labute approximate surface area is 79.8 Å². The van der Waals surface area contributed by atoms with Crippen LogP contribution in [0.4, 0.5) is 0 Å². The van der Waals surface area contributed by atoms with Gasteiger partial charge >= 0.3 is 0 Å². The summed E-state index contributed by atoms with van der Waals surface area (Å²) in [5.41, 5.74) is 0. The number of aliphatic hydroxyl groups excluding tert-OH is 5. The maximum atomic E-state index is 9.43. The van der Waals surface area contributed by atoms with Crippen LogP contribution in [-0.4, -0.2) is 74.1 Å². The predicted molar refractivity (Wildman–Crippen MR) is 42.0 cm³/mol. The molecule has 1 heterocycles. The van der Waals surface area contributed by atoms with Crippen molar-refractivity contribution in [2.24, 2.45) is 0 Å². The van der Waals surface area contributed by atoms with E-state index in [4.69, 9.17) is 10.2 Å². The van der Waals surface area contributed by atoms with Crippen molar-refractivity contribution < 1.29 is 35.4 Å². The van der Waals surface area contributed by atoms with Gasteiger partial charge < -0.3 is 35.4 Å². The minimum Gasteiger partial charge on any atom is -0.394 e. The first-order chi connectivity index (χ1) is 6.46. The molecule has 5 atom stereocenters. The van der Waals surface area contributed by atoms with Gasteiger partial charge in [-0.3, -0.25) is 0 Å². The highest BCUT2D eigenvalue weighted by Crippen LogP contribution is 2.27. The molecule has 0 aromatic carbocycles. The van der Waals surface area contributed by atoms with E-state index in [2.05, 4.69) is 4.74 Å². The fraction of sp³-hybridized carbons (Fsp3) is 1.00. The smallest absolute Gasteiger partial charge is 0.219 e. The third kappa shape index (κ3) is 1.75. The Morgan fingerprint density at radius 2 is 1.64 bits per heavy atom. The minimum atomic E-state index is -2.36. The molecular weight excluding hydrogens is 196 g/mol. The summed E-state index contributed by atoms with van der Waals surface area (Å²) in [5.74, 6) is -2.36. The average molecular weight is 210 g/mol. The zero-order valence-corrected chi connectivity index (χ0v) is 7.32. The van der Waals surface area contributed by atoms with E-state index in [0.29, 0.717) is 0 Å². The molecule has 0 aromatic rings. The summed E-state index contributed by atoms with van der Waals surface area (Å²) in [6.45, 7) is -1.60. The molecule has 7 nitrogen and oxygen atoms in total. The number of ether oxygens (including phenoxy) is 1. The number of hydrogen-bond donors (Lipinski definition) is 6. The second-order valence-corrected chi connectivity index (χ2v) is 3.27. The van der Waals surface area contributed by atoms with Gasteiger partial charge in [0.2, 0.25) is 5.79 Å². The molecule has 6 N–H and O–H groups in total. The number of aliphatic hydroxyl groups is 6. The maximum absolute atomic E-state index is 9.43. The summed E-state index contributed by atoms with van der Waals surface area (Å²) < 4.78 is 4.66. The molecule has 7 heteroatoms. The van der Waals surface area contributed by atoms with Crippen LogP contribution in [0, 0.1) is 0 Å². The molecule has 14 heavy (non-hydrogen) atoms. The van der Waals surface area contributed by atoms with E-state index in [1.54, 1.807) is 0 Å². The monoisotopic (exact) mass is 210 g/mol. The highest BCUT2D eigenvalue weighted by atomic mass is 16.7. The third-order valence-corrected chi connectivity index (χ3v) is 2.28. The Kier molecular flexibility index (Phi) is 3.43. The summed E-state index contributed by atoms with van der Waals surface area (Å²) in [6.07, 6.45) is -6.27. The summed E-state index contributed by atoms with van der Waals surface area (Å²) in [7, 11) is 0. The van der Waals surface area contributed by atoms with Crippen LogP contribution >= 0.6 is 0 Å². The molecule has 1 saturated heterocycles. The van der Waals surface area contributed by atoms with Crippen molar-refractivity contribution in [2.75, 3.05) is 13.2 Å². The lowest BCUT2D eigenvalue weighted by Gasteiger charge is -2.44. The van der Waals surface area contributed by atoms with Gasteiger partial charge in [0.05, 0.1) is 13.2 Å². The van der Waals surface area contributed by atoms with E-state index in [-0.39, 0.29) is 0 Å². The molecule has 1 aliphatic heterocycles. The highest BCUT2D eigenvalue weighted by molar-refractivity contribution is 4.95. The van der Waals surface area contributed by atoms with Crippen LogP contribution in [0.25, 0.3) is 0 Å². The Morgan fingerprint density at radius 1 is 1.07 bits per heavy atom. The molecule has 0 amide bonds. The van der Waals surface area contributed by atoms with Gasteiger partial charge in [0, 0.05) is 0 Å². The Morgan fingerprint density at radius 3 is 2.07 bits per heavy atom. The van der Waals surface area contributed by atoms with Gasteiger partial charge in [0.15, 0.2) is 0 Å². The summed E-state index contributed by atoms with van der Waals surface area (Å²) in [4.78, 5) is 0. The number of rotatable bonds is 2. The molecule has 0 saturated carbocycles. The zero-order valence-electron chi connectivity index (χ0n) is 7.32. The fourth-order valence-electron chi connectivity index (χ4n) is 1.35. The Hall–Kier alpha value is -0.280. The van der Waals surface area contributed by atoms with Crippen molar-refractivity contribution in [2.45, 2.75) is 30.2 Å². The van der Waals surface area contributed by atoms with Crippen LogP contribution in [0.15, 0.2) is 0 Å². The Balaban J connectivity index is 2.84. The first-order valence-corrected chi connectivity index (χ1v) is 4.12. The normalized spacial score (nSPS) is 49.3. The fourth-order valence-corrected chi connectivity index (χ4v) is 1.35.